The first-order valence-electron chi connectivity index (χ1n) is 7.71. The van der Waals surface area contributed by atoms with Gasteiger partial charge in [-0.2, -0.15) is 0 Å². The number of hydrogen-bond donors (Lipinski definition) is 0. The molecule has 112 valence electrons. The fourth-order valence-electron chi connectivity index (χ4n) is 2.68. The molecule has 1 fully saturated rings. The summed E-state index contributed by atoms with van der Waals surface area (Å²) < 4.78 is 5.87. The molecule has 1 saturated heterocycles. The monoisotopic (exact) mass is 302 g/mol. The molecule has 1 aliphatic heterocycles. The molecule has 1 aliphatic rings. The summed E-state index contributed by atoms with van der Waals surface area (Å²) >= 11 is 1.70. The minimum Gasteiger partial charge on any atom is -0.477 e. The van der Waals surface area contributed by atoms with Gasteiger partial charge in [-0.05, 0) is 39.3 Å². The van der Waals surface area contributed by atoms with Gasteiger partial charge in [0.25, 0.3) is 0 Å². The maximum atomic E-state index is 5.87. The normalized spacial score (nSPS) is 15.5. The van der Waals surface area contributed by atoms with Crippen LogP contribution in [0.2, 0.25) is 0 Å². The van der Waals surface area contributed by atoms with Gasteiger partial charge in [0.15, 0.2) is 0 Å². The summed E-state index contributed by atoms with van der Waals surface area (Å²) in [7, 11) is 0. The molecule has 0 bridgehead atoms. The lowest BCUT2D eigenvalue weighted by Gasteiger charge is -2.13. The molecule has 4 heteroatoms. The molecule has 2 heterocycles. The second-order valence-electron chi connectivity index (χ2n) is 5.50. The van der Waals surface area contributed by atoms with Crippen LogP contribution in [-0.2, 0) is 0 Å². The third-order valence-corrected chi connectivity index (χ3v) is 4.83. The summed E-state index contributed by atoms with van der Waals surface area (Å²) in [5, 5.41) is 1.04. The van der Waals surface area contributed by atoms with Gasteiger partial charge in [-0.25, -0.2) is 4.98 Å². The number of nitrogens with zero attached hydrogens (tertiary/aromatic N) is 2. The van der Waals surface area contributed by atoms with Gasteiger partial charge in [-0.3, -0.25) is 0 Å². The molecule has 0 saturated carbocycles. The Balaban J connectivity index is 1.52. The van der Waals surface area contributed by atoms with Gasteiger partial charge < -0.3 is 9.64 Å². The van der Waals surface area contributed by atoms with Crippen molar-refractivity contribution in [3.63, 3.8) is 0 Å². The maximum absolute atomic E-state index is 5.87. The van der Waals surface area contributed by atoms with Crippen molar-refractivity contribution in [3.05, 3.63) is 35.2 Å². The number of ether oxygens (including phenoxy) is 1. The third kappa shape index (κ3) is 3.83. The molecule has 0 spiro atoms. The Morgan fingerprint density at radius 3 is 2.71 bits per heavy atom. The topological polar surface area (TPSA) is 25.4 Å². The Hall–Kier alpha value is -1.39. The van der Waals surface area contributed by atoms with Crippen LogP contribution >= 0.6 is 11.3 Å². The van der Waals surface area contributed by atoms with E-state index in [4.69, 9.17) is 4.74 Å². The first-order chi connectivity index (χ1) is 10.3. The van der Waals surface area contributed by atoms with Crippen molar-refractivity contribution in [1.82, 2.24) is 9.88 Å². The van der Waals surface area contributed by atoms with Crippen LogP contribution in [0.1, 0.15) is 24.1 Å². The summed E-state index contributed by atoms with van der Waals surface area (Å²) in [5.74, 6) is 0.806. The van der Waals surface area contributed by atoms with E-state index < -0.39 is 0 Å². The molecule has 2 aromatic rings. The van der Waals surface area contributed by atoms with Gasteiger partial charge in [0, 0.05) is 12.1 Å². The van der Waals surface area contributed by atoms with Crippen molar-refractivity contribution in [3.8, 4) is 16.5 Å². The van der Waals surface area contributed by atoms with Gasteiger partial charge in [0.1, 0.15) is 5.01 Å². The molecule has 0 radical (unpaired) electrons. The zero-order valence-corrected chi connectivity index (χ0v) is 13.4. The van der Waals surface area contributed by atoms with Crippen LogP contribution in [0.4, 0.5) is 0 Å². The quantitative estimate of drug-likeness (QED) is 0.755. The average Bonchev–Trinajstić information content (AvgIpc) is 3.15. The number of aryl methyl sites for hydroxylation is 1. The number of aromatic nitrogens is 1. The molecule has 1 aromatic heterocycles. The van der Waals surface area contributed by atoms with Gasteiger partial charge in [0.2, 0.25) is 5.88 Å². The van der Waals surface area contributed by atoms with E-state index >= 15 is 0 Å². The Morgan fingerprint density at radius 2 is 1.95 bits per heavy atom. The summed E-state index contributed by atoms with van der Waals surface area (Å²) in [6.07, 6.45) is 3.79. The summed E-state index contributed by atoms with van der Waals surface area (Å²) in [5.41, 5.74) is 1.16. The maximum Gasteiger partial charge on any atom is 0.227 e. The Bertz CT molecular complexity index is 561. The van der Waals surface area contributed by atoms with Gasteiger partial charge in [0.05, 0.1) is 11.5 Å². The van der Waals surface area contributed by atoms with E-state index in [1.54, 1.807) is 11.3 Å². The largest absolute Gasteiger partial charge is 0.477 e. The molecule has 0 amide bonds. The van der Waals surface area contributed by atoms with Crippen molar-refractivity contribution >= 4 is 11.3 Å². The van der Waals surface area contributed by atoms with Crippen LogP contribution in [0.5, 0.6) is 5.88 Å². The number of thiazole rings is 1. The van der Waals surface area contributed by atoms with E-state index in [0.717, 1.165) is 40.9 Å². The van der Waals surface area contributed by atoms with E-state index in [1.165, 1.54) is 25.9 Å². The lowest BCUT2D eigenvalue weighted by atomic mass is 10.2. The van der Waals surface area contributed by atoms with E-state index in [9.17, 15) is 0 Å². The van der Waals surface area contributed by atoms with Crippen LogP contribution in [0, 0.1) is 6.92 Å². The van der Waals surface area contributed by atoms with Crippen molar-refractivity contribution < 1.29 is 4.74 Å². The summed E-state index contributed by atoms with van der Waals surface area (Å²) in [6, 6.07) is 10.3. The highest BCUT2D eigenvalue weighted by molar-refractivity contribution is 7.15. The minimum absolute atomic E-state index is 0.759. The second-order valence-corrected chi connectivity index (χ2v) is 6.70. The SMILES string of the molecule is Cc1sc(-c2ccccc2)nc1OCCCN1CCCC1. The number of hydrogen-bond acceptors (Lipinski definition) is 4. The third-order valence-electron chi connectivity index (χ3n) is 3.83. The molecular weight excluding hydrogens is 280 g/mol. The van der Waals surface area contributed by atoms with E-state index in [2.05, 4.69) is 28.9 Å². The van der Waals surface area contributed by atoms with Gasteiger partial charge in [-0.15, -0.1) is 11.3 Å². The van der Waals surface area contributed by atoms with Crippen LogP contribution < -0.4 is 4.74 Å². The van der Waals surface area contributed by atoms with E-state index in [1.807, 2.05) is 18.2 Å². The van der Waals surface area contributed by atoms with Crippen LogP contribution in [0.25, 0.3) is 10.6 Å². The molecular formula is C17H22N2OS. The lowest BCUT2D eigenvalue weighted by molar-refractivity contribution is 0.257. The zero-order chi connectivity index (χ0) is 14.5. The molecule has 3 nitrogen and oxygen atoms in total. The predicted octanol–water partition coefficient (Wildman–Crippen LogP) is 3.98. The minimum atomic E-state index is 0.759. The van der Waals surface area contributed by atoms with Crippen molar-refractivity contribution in [2.24, 2.45) is 0 Å². The van der Waals surface area contributed by atoms with Crippen molar-refractivity contribution in [2.75, 3.05) is 26.2 Å². The molecule has 1 aromatic carbocycles. The first-order valence-corrected chi connectivity index (χ1v) is 8.52. The zero-order valence-electron chi connectivity index (χ0n) is 12.5. The first kappa shape index (κ1) is 14.5. The highest BCUT2D eigenvalue weighted by atomic mass is 32.1. The average molecular weight is 302 g/mol. The van der Waals surface area contributed by atoms with E-state index in [-0.39, 0.29) is 0 Å². The van der Waals surface area contributed by atoms with Gasteiger partial charge in [-0.1, -0.05) is 30.3 Å². The molecule has 0 N–H and O–H groups in total. The number of rotatable bonds is 6. The lowest BCUT2D eigenvalue weighted by Crippen LogP contribution is -2.21. The Labute approximate surface area is 130 Å². The highest BCUT2D eigenvalue weighted by Gasteiger charge is 2.12. The Kier molecular flexibility index (Phi) is 4.88. The Morgan fingerprint density at radius 1 is 1.19 bits per heavy atom. The summed E-state index contributed by atoms with van der Waals surface area (Å²) in [6.45, 7) is 6.51. The predicted molar refractivity (Wildman–Crippen MR) is 88.1 cm³/mol. The van der Waals surface area contributed by atoms with Crippen molar-refractivity contribution in [2.45, 2.75) is 26.2 Å². The van der Waals surface area contributed by atoms with Gasteiger partial charge >= 0.3 is 0 Å². The fourth-order valence-corrected chi connectivity index (χ4v) is 3.55. The molecule has 0 unspecified atom stereocenters. The van der Waals surface area contributed by atoms with Crippen molar-refractivity contribution in [1.29, 1.82) is 0 Å². The molecule has 0 atom stereocenters. The standard InChI is InChI=1S/C17H22N2OS/c1-14-16(20-13-7-12-19-10-5-6-11-19)18-17(21-14)15-8-3-2-4-9-15/h2-4,8-9H,5-7,10-13H2,1H3. The van der Waals surface area contributed by atoms with Crippen LogP contribution in [0.15, 0.2) is 30.3 Å². The second kappa shape index (κ2) is 7.05. The number of likely N-dealkylation sites (tertiary alicyclic amines) is 1. The smallest absolute Gasteiger partial charge is 0.227 e. The fraction of sp³-hybridized carbons (Fsp3) is 0.471. The highest BCUT2D eigenvalue weighted by Crippen LogP contribution is 2.31. The molecule has 21 heavy (non-hydrogen) atoms. The van der Waals surface area contributed by atoms with E-state index in [0.29, 0.717) is 0 Å². The van der Waals surface area contributed by atoms with Crippen LogP contribution in [0.3, 0.4) is 0 Å². The summed E-state index contributed by atoms with van der Waals surface area (Å²) in [4.78, 5) is 8.31. The number of benzene rings is 1. The molecule has 0 aliphatic carbocycles. The van der Waals surface area contributed by atoms with Crippen LogP contribution in [-0.4, -0.2) is 36.1 Å². The molecule has 3 rings (SSSR count).